The van der Waals surface area contributed by atoms with Crippen LogP contribution in [0.15, 0.2) is 46.9 Å². The van der Waals surface area contributed by atoms with Gasteiger partial charge in [-0.05, 0) is 47.9 Å². The second-order valence-electron chi connectivity index (χ2n) is 4.41. The molecule has 0 aliphatic rings. The zero-order valence-corrected chi connectivity index (χ0v) is 13.7. The molecule has 0 spiro atoms. The predicted molar refractivity (Wildman–Crippen MR) is 86.0 cm³/mol. The fourth-order valence-electron chi connectivity index (χ4n) is 2.01. The Morgan fingerprint density at radius 3 is 2.45 bits per heavy atom. The second kappa shape index (κ2) is 7.00. The van der Waals surface area contributed by atoms with Crippen molar-refractivity contribution in [2.45, 2.75) is 11.8 Å². The second-order valence-corrected chi connectivity index (χ2v) is 5.79. The van der Waals surface area contributed by atoms with E-state index in [1.54, 1.807) is 14.2 Å². The van der Waals surface area contributed by atoms with Crippen LogP contribution in [0, 0.1) is 0 Å². The van der Waals surface area contributed by atoms with Crippen LogP contribution < -0.4 is 9.47 Å². The van der Waals surface area contributed by atoms with Gasteiger partial charge < -0.3 is 9.47 Å². The summed E-state index contributed by atoms with van der Waals surface area (Å²) >= 11 is 10.1. The van der Waals surface area contributed by atoms with E-state index in [1.807, 2.05) is 42.5 Å². The van der Waals surface area contributed by atoms with Crippen molar-refractivity contribution in [3.8, 4) is 11.5 Å². The van der Waals surface area contributed by atoms with Gasteiger partial charge in [-0.1, -0.05) is 28.1 Å². The molecule has 1 unspecified atom stereocenters. The van der Waals surface area contributed by atoms with E-state index in [9.17, 15) is 0 Å². The summed E-state index contributed by atoms with van der Waals surface area (Å²) in [6, 6.07) is 13.8. The SMILES string of the molecule is COc1cccc(CC(Cl)c2cc(OC)ccc2Br)c1. The van der Waals surface area contributed by atoms with Crippen LogP contribution in [0.1, 0.15) is 16.5 Å². The highest BCUT2D eigenvalue weighted by molar-refractivity contribution is 9.10. The molecule has 0 N–H and O–H groups in total. The zero-order chi connectivity index (χ0) is 14.5. The summed E-state index contributed by atoms with van der Waals surface area (Å²) in [5.74, 6) is 1.65. The largest absolute Gasteiger partial charge is 0.497 e. The summed E-state index contributed by atoms with van der Waals surface area (Å²) in [6.45, 7) is 0. The lowest BCUT2D eigenvalue weighted by atomic mass is 10.0. The van der Waals surface area contributed by atoms with Gasteiger partial charge in [-0.15, -0.1) is 11.6 Å². The summed E-state index contributed by atoms with van der Waals surface area (Å²) in [5, 5.41) is -0.133. The molecule has 0 aliphatic carbocycles. The predicted octanol–water partition coefficient (Wildman–Crippen LogP) is 4.99. The molecule has 0 aliphatic heterocycles. The van der Waals surface area contributed by atoms with E-state index in [0.717, 1.165) is 33.5 Å². The minimum atomic E-state index is -0.133. The van der Waals surface area contributed by atoms with Crippen molar-refractivity contribution in [1.82, 2.24) is 0 Å². The first-order valence-electron chi connectivity index (χ1n) is 6.24. The van der Waals surface area contributed by atoms with Gasteiger partial charge in [-0.2, -0.15) is 0 Å². The van der Waals surface area contributed by atoms with Gasteiger partial charge in [-0.3, -0.25) is 0 Å². The van der Waals surface area contributed by atoms with Crippen molar-refractivity contribution < 1.29 is 9.47 Å². The van der Waals surface area contributed by atoms with E-state index >= 15 is 0 Å². The van der Waals surface area contributed by atoms with Crippen molar-refractivity contribution in [3.05, 3.63) is 58.1 Å². The minimum Gasteiger partial charge on any atom is -0.497 e. The third-order valence-electron chi connectivity index (χ3n) is 3.09. The van der Waals surface area contributed by atoms with E-state index in [-0.39, 0.29) is 5.38 Å². The smallest absolute Gasteiger partial charge is 0.119 e. The van der Waals surface area contributed by atoms with Crippen LogP contribution in [0.5, 0.6) is 11.5 Å². The Bertz CT molecular complexity index is 586. The first-order valence-corrected chi connectivity index (χ1v) is 7.47. The van der Waals surface area contributed by atoms with Crippen LogP contribution in [0.3, 0.4) is 0 Å². The number of ether oxygens (including phenoxy) is 2. The van der Waals surface area contributed by atoms with Gasteiger partial charge in [0.05, 0.1) is 19.6 Å². The van der Waals surface area contributed by atoms with Gasteiger partial charge >= 0.3 is 0 Å². The number of rotatable bonds is 5. The molecule has 2 aromatic rings. The van der Waals surface area contributed by atoms with Crippen LogP contribution in [-0.2, 0) is 6.42 Å². The Balaban J connectivity index is 2.20. The van der Waals surface area contributed by atoms with Crippen LogP contribution in [-0.4, -0.2) is 14.2 Å². The van der Waals surface area contributed by atoms with Crippen LogP contribution in [0.25, 0.3) is 0 Å². The molecular weight excluding hydrogens is 340 g/mol. The fourth-order valence-corrected chi connectivity index (χ4v) is 3.02. The van der Waals surface area contributed by atoms with Gasteiger partial charge in [0.1, 0.15) is 11.5 Å². The quantitative estimate of drug-likeness (QED) is 0.704. The molecule has 1 atom stereocenters. The summed E-state index contributed by atoms with van der Waals surface area (Å²) in [6.07, 6.45) is 0.727. The van der Waals surface area contributed by atoms with Gasteiger partial charge in [-0.25, -0.2) is 0 Å². The molecule has 0 aromatic heterocycles. The van der Waals surface area contributed by atoms with Gasteiger partial charge in [0.25, 0.3) is 0 Å². The molecule has 0 amide bonds. The van der Waals surface area contributed by atoms with Crippen LogP contribution in [0.4, 0.5) is 0 Å². The number of hydrogen-bond donors (Lipinski definition) is 0. The highest BCUT2D eigenvalue weighted by Gasteiger charge is 2.14. The number of hydrogen-bond acceptors (Lipinski definition) is 2. The number of benzene rings is 2. The fraction of sp³-hybridized carbons (Fsp3) is 0.250. The molecule has 20 heavy (non-hydrogen) atoms. The van der Waals surface area contributed by atoms with Crippen molar-refractivity contribution >= 4 is 27.5 Å². The zero-order valence-electron chi connectivity index (χ0n) is 11.4. The molecule has 0 heterocycles. The van der Waals surface area contributed by atoms with Gasteiger partial charge in [0.15, 0.2) is 0 Å². The summed E-state index contributed by atoms with van der Waals surface area (Å²) in [5.41, 5.74) is 2.16. The highest BCUT2D eigenvalue weighted by Crippen LogP contribution is 2.34. The van der Waals surface area contributed by atoms with Gasteiger partial charge in [0, 0.05) is 4.47 Å². The number of alkyl halides is 1. The minimum absolute atomic E-state index is 0.133. The average Bonchev–Trinajstić information content (AvgIpc) is 2.47. The first kappa shape index (κ1) is 15.2. The van der Waals surface area contributed by atoms with Crippen LogP contribution >= 0.6 is 27.5 Å². The highest BCUT2D eigenvalue weighted by atomic mass is 79.9. The normalized spacial score (nSPS) is 12.0. The molecule has 0 bridgehead atoms. The molecule has 4 heteroatoms. The third-order valence-corrected chi connectivity index (χ3v) is 4.20. The molecule has 0 radical (unpaired) electrons. The lowest BCUT2D eigenvalue weighted by Gasteiger charge is -2.14. The van der Waals surface area contributed by atoms with E-state index < -0.39 is 0 Å². The van der Waals surface area contributed by atoms with Gasteiger partial charge in [0.2, 0.25) is 0 Å². The maximum Gasteiger partial charge on any atom is 0.119 e. The molecule has 2 nitrogen and oxygen atoms in total. The monoisotopic (exact) mass is 354 g/mol. The van der Waals surface area contributed by atoms with E-state index in [4.69, 9.17) is 21.1 Å². The molecule has 0 saturated carbocycles. The Labute approximate surface area is 132 Å². The lowest BCUT2D eigenvalue weighted by molar-refractivity contribution is 0.413. The van der Waals surface area contributed by atoms with Crippen molar-refractivity contribution in [1.29, 1.82) is 0 Å². The van der Waals surface area contributed by atoms with Crippen molar-refractivity contribution in [2.75, 3.05) is 14.2 Å². The van der Waals surface area contributed by atoms with E-state index in [2.05, 4.69) is 15.9 Å². The topological polar surface area (TPSA) is 18.5 Å². The molecular formula is C16H16BrClO2. The molecule has 0 saturated heterocycles. The molecule has 0 fully saturated rings. The first-order chi connectivity index (χ1) is 9.63. The molecule has 2 aromatic carbocycles. The summed E-state index contributed by atoms with van der Waals surface area (Å²) in [4.78, 5) is 0. The number of halogens is 2. The maximum absolute atomic E-state index is 6.54. The summed E-state index contributed by atoms with van der Waals surface area (Å²) < 4.78 is 11.5. The summed E-state index contributed by atoms with van der Waals surface area (Å²) in [7, 11) is 3.31. The van der Waals surface area contributed by atoms with Crippen LogP contribution in [0.2, 0.25) is 0 Å². The molecule has 2 rings (SSSR count). The average molecular weight is 356 g/mol. The Kier molecular flexibility index (Phi) is 5.32. The Morgan fingerprint density at radius 2 is 1.75 bits per heavy atom. The number of methoxy groups -OCH3 is 2. The van der Waals surface area contributed by atoms with E-state index in [1.165, 1.54) is 0 Å². The lowest BCUT2D eigenvalue weighted by Crippen LogP contribution is -1.98. The Hall–Kier alpha value is -1.19. The Morgan fingerprint density at radius 1 is 1.05 bits per heavy atom. The van der Waals surface area contributed by atoms with Crippen molar-refractivity contribution in [3.63, 3.8) is 0 Å². The van der Waals surface area contributed by atoms with Crippen molar-refractivity contribution in [2.24, 2.45) is 0 Å². The standard InChI is InChI=1S/C16H16BrClO2/c1-19-12-5-3-4-11(8-12)9-16(18)14-10-13(20-2)6-7-15(14)17/h3-8,10,16H,9H2,1-2H3. The van der Waals surface area contributed by atoms with E-state index in [0.29, 0.717) is 0 Å². The molecule has 106 valence electrons. The maximum atomic E-state index is 6.54. The third kappa shape index (κ3) is 3.68.